The molecule has 0 aromatic rings. The van der Waals surface area contributed by atoms with Crippen LogP contribution in [0.4, 0.5) is 0 Å². The largest absolute Gasteiger partial charge is 0.429 e. The van der Waals surface area contributed by atoms with Crippen molar-refractivity contribution in [2.24, 2.45) is 0 Å². The summed E-state index contributed by atoms with van der Waals surface area (Å²) in [6.45, 7) is 3.69. The molecule has 0 fully saturated rings. The molecule has 0 atom stereocenters. The van der Waals surface area contributed by atoms with Crippen molar-refractivity contribution in [1.29, 1.82) is 0 Å². The molecular weight excluding hydrogens is 344 g/mol. The number of unbranched alkanes of at least 4 members (excludes halogenated alkanes) is 4. The maximum absolute atomic E-state index is 11.4. The van der Waals surface area contributed by atoms with Crippen molar-refractivity contribution < 1.29 is 32.5 Å². The molecule has 0 aliphatic carbocycles. The molecule has 0 saturated carbocycles. The van der Waals surface area contributed by atoms with Gasteiger partial charge in [0.2, 0.25) is 0 Å². The topological polar surface area (TPSA) is 121 Å². The van der Waals surface area contributed by atoms with E-state index in [1.807, 2.05) is 13.8 Å². The van der Waals surface area contributed by atoms with Crippen molar-refractivity contribution in [3.05, 3.63) is 0 Å². The Balaban J connectivity index is 4.62. The van der Waals surface area contributed by atoms with E-state index in [-0.39, 0.29) is 12.8 Å². The summed E-state index contributed by atoms with van der Waals surface area (Å²) >= 11 is 0. The van der Waals surface area contributed by atoms with Crippen LogP contribution in [0.2, 0.25) is 0 Å². The van der Waals surface area contributed by atoms with E-state index >= 15 is 0 Å². The zero-order chi connectivity index (χ0) is 16.6. The lowest BCUT2D eigenvalue weighted by molar-refractivity contribution is 0.385. The van der Waals surface area contributed by atoms with Crippen LogP contribution in [0.3, 0.4) is 0 Å². The molecule has 0 spiro atoms. The molecule has 0 N–H and O–H groups in total. The summed E-state index contributed by atoms with van der Waals surface area (Å²) in [7, 11) is -13.9. The number of hydrogen-bond acceptors (Lipinski definition) is 8. The molecule has 128 valence electrons. The fraction of sp³-hybridized carbons (Fsp3) is 1.00. The fourth-order valence-corrected chi connectivity index (χ4v) is 5.38. The lowest BCUT2D eigenvalue weighted by atomic mass is 10.3. The van der Waals surface area contributed by atoms with E-state index in [2.05, 4.69) is 7.26 Å². The van der Waals surface area contributed by atoms with Gasteiger partial charge < -0.3 is 0 Å². The Labute approximate surface area is 127 Å². The molecule has 0 aromatic heterocycles. The third-order valence-electron chi connectivity index (χ3n) is 2.37. The molecule has 0 unspecified atom stereocenters. The highest BCUT2D eigenvalue weighted by Gasteiger charge is 2.29. The SMILES string of the molecule is CCCCCS(=O)(=O)OS(=O)(=O)OS(=O)(=O)CCCCC. The quantitative estimate of drug-likeness (QED) is 0.474. The summed E-state index contributed by atoms with van der Waals surface area (Å²) in [5.41, 5.74) is 0. The summed E-state index contributed by atoms with van der Waals surface area (Å²) in [6.07, 6.45) is 3.09. The highest BCUT2D eigenvalue weighted by atomic mass is 32.3. The maximum atomic E-state index is 11.4. The number of hydrogen-bond donors (Lipinski definition) is 0. The van der Waals surface area contributed by atoms with Crippen molar-refractivity contribution in [1.82, 2.24) is 0 Å². The minimum atomic E-state index is -5.15. The van der Waals surface area contributed by atoms with Gasteiger partial charge in [-0.3, -0.25) is 0 Å². The minimum absolute atomic E-state index is 0.220. The molecule has 0 rings (SSSR count). The van der Waals surface area contributed by atoms with Crippen molar-refractivity contribution in [2.45, 2.75) is 52.4 Å². The Hall–Kier alpha value is -0.230. The van der Waals surface area contributed by atoms with Crippen molar-refractivity contribution in [3.8, 4) is 0 Å². The fourth-order valence-electron chi connectivity index (χ4n) is 1.39. The van der Waals surface area contributed by atoms with Gasteiger partial charge in [-0.05, 0) is 12.8 Å². The lowest BCUT2D eigenvalue weighted by Crippen LogP contribution is -2.23. The van der Waals surface area contributed by atoms with Crippen molar-refractivity contribution in [2.75, 3.05) is 11.5 Å². The zero-order valence-corrected chi connectivity index (χ0v) is 14.6. The van der Waals surface area contributed by atoms with E-state index in [1.165, 1.54) is 0 Å². The van der Waals surface area contributed by atoms with Crippen LogP contribution in [0, 0.1) is 0 Å². The van der Waals surface area contributed by atoms with Gasteiger partial charge in [0.05, 0.1) is 11.5 Å². The van der Waals surface area contributed by atoms with Crippen LogP contribution in [0.15, 0.2) is 0 Å². The Morgan fingerprint density at radius 2 is 0.952 bits per heavy atom. The van der Waals surface area contributed by atoms with Crippen molar-refractivity contribution in [3.63, 3.8) is 0 Å². The normalized spacial score (nSPS) is 13.4. The van der Waals surface area contributed by atoms with Crippen molar-refractivity contribution >= 4 is 30.6 Å². The molecule has 0 saturated heterocycles. The average molecular weight is 366 g/mol. The summed E-state index contributed by atoms with van der Waals surface area (Å²) in [4.78, 5) is 0. The molecule has 11 heteroatoms. The molecule has 0 aliphatic rings. The second-order valence-corrected chi connectivity index (χ2v) is 9.43. The van der Waals surface area contributed by atoms with Gasteiger partial charge in [0.15, 0.2) is 0 Å². The molecule has 21 heavy (non-hydrogen) atoms. The van der Waals surface area contributed by atoms with Crippen LogP contribution in [0.1, 0.15) is 52.4 Å². The molecule has 0 bridgehead atoms. The van der Waals surface area contributed by atoms with E-state index in [1.54, 1.807) is 0 Å². The highest BCUT2D eigenvalue weighted by molar-refractivity contribution is 8.03. The van der Waals surface area contributed by atoms with Crippen LogP contribution >= 0.6 is 0 Å². The van der Waals surface area contributed by atoms with Gasteiger partial charge in [-0.25, -0.2) is 0 Å². The monoisotopic (exact) mass is 366 g/mol. The van der Waals surface area contributed by atoms with Gasteiger partial charge in [0, 0.05) is 0 Å². The molecule has 0 heterocycles. The highest BCUT2D eigenvalue weighted by Crippen LogP contribution is 2.12. The van der Waals surface area contributed by atoms with E-state index in [0.29, 0.717) is 12.8 Å². The van der Waals surface area contributed by atoms with Crippen LogP contribution in [0.5, 0.6) is 0 Å². The van der Waals surface area contributed by atoms with Gasteiger partial charge >= 0.3 is 10.4 Å². The van der Waals surface area contributed by atoms with Crippen LogP contribution in [0.25, 0.3) is 0 Å². The summed E-state index contributed by atoms with van der Waals surface area (Å²) in [6, 6.07) is 0. The lowest BCUT2D eigenvalue weighted by Gasteiger charge is -2.06. The first kappa shape index (κ1) is 20.8. The minimum Gasteiger partial charge on any atom is -0.198 e. The first-order valence-electron chi connectivity index (χ1n) is 6.66. The molecule has 0 radical (unpaired) electrons. The summed E-state index contributed by atoms with van der Waals surface area (Å²) in [5.74, 6) is -1.03. The second-order valence-electron chi connectivity index (χ2n) is 4.48. The van der Waals surface area contributed by atoms with E-state index in [9.17, 15) is 25.3 Å². The molecule has 0 aliphatic heterocycles. The Morgan fingerprint density at radius 1 is 0.619 bits per heavy atom. The third kappa shape index (κ3) is 11.0. The zero-order valence-electron chi connectivity index (χ0n) is 12.1. The maximum Gasteiger partial charge on any atom is 0.429 e. The van der Waals surface area contributed by atoms with Crippen LogP contribution in [-0.4, -0.2) is 36.8 Å². The standard InChI is InChI=1S/C10H22O8S3/c1-3-5-7-9-19(11,12)17-21(15,16)18-20(13,14)10-8-6-4-2/h3-10H2,1-2H3. The predicted octanol–water partition coefficient (Wildman–Crippen LogP) is 1.30. The van der Waals surface area contributed by atoms with Crippen LogP contribution in [-0.2, 0) is 37.9 Å². The van der Waals surface area contributed by atoms with Gasteiger partial charge in [-0.1, -0.05) is 39.5 Å². The van der Waals surface area contributed by atoms with E-state index in [4.69, 9.17) is 0 Å². The van der Waals surface area contributed by atoms with Gasteiger partial charge in [0.1, 0.15) is 0 Å². The number of rotatable bonds is 12. The van der Waals surface area contributed by atoms with E-state index < -0.39 is 42.1 Å². The molecule has 0 amide bonds. The first-order chi connectivity index (χ1) is 9.54. The average Bonchev–Trinajstić information content (AvgIpc) is 2.25. The van der Waals surface area contributed by atoms with Crippen LogP contribution < -0.4 is 0 Å². The summed E-state index contributed by atoms with van der Waals surface area (Å²) < 4.78 is 75.9. The first-order valence-corrected chi connectivity index (χ1v) is 11.1. The Morgan fingerprint density at radius 3 is 1.24 bits per heavy atom. The molecule has 8 nitrogen and oxygen atoms in total. The smallest absolute Gasteiger partial charge is 0.198 e. The molecular formula is C10H22O8S3. The van der Waals surface area contributed by atoms with E-state index in [0.717, 1.165) is 12.8 Å². The Bertz CT molecular complexity index is 540. The van der Waals surface area contributed by atoms with Gasteiger partial charge in [-0.2, -0.15) is 25.3 Å². The third-order valence-corrected chi connectivity index (χ3v) is 6.94. The Kier molecular flexibility index (Phi) is 8.93. The summed E-state index contributed by atoms with van der Waals surface area (Å²) in [5, 5.41) is 0. The predicted molar refractivity (Wildman–Crippen MR) is 77.7 cm³/mol. The van der Waals surface area contributed by atoms with Gasteiger partial charge in [0.25, 0.3) is 20.2 Å². The molecule has 0 aromatic carbocycles. The van der Waals surface area contributed by atoms with Gasteiger partial charge in [-0.15, -0.1) is 7.26 Å². The second kappa shape index (κ2) is 9.03.